The summed E-state index contributed by atoms with van der Waals surface area (Å²) < 4.78 is 44.1. The molecule has 7 nitrogen and oxygen atoms in total. The van der Waals surface area contributed by atoms with E-state index in [9.17, 15) is 32.9 Å². The number of carbonyl (C=O) groups is 2. The van der Waals surface area contributed by atoms with Gasteiger partial charge in [0.2, 0.25) is 0 Å². The molecule has 0 saturated heterocycles. The number of nitro groups is 1. The van der Waals surface area contributed by atoms with Crippen LogP contribution in [0.3, 0.4) is 0 Å². The van der Waals surface area contributed by atoms with Crippen molar-refractivity contribution in [2.45, 2.75) is 13.1 Å². The van der Waals surface area contributed by atoms with Crippen LogP contribution < -0.4 is 4.90 Å². The summed E-state index contributed by atoms with van der Waals surface area (Å²) in [5.41, 5.74) is -1.70. The van der Waals surface area contributed by atoms with Crippen molar-refractivity contribution in [2.75, 3.05) is 12.0 Å². The van der Waals surface area contributed by atoms with Crippen molar-refractivity contribution in [3.8, 4) is 0 Å². The zero-order valence-corrected chi connectivity index (χ0v) is 16.3. The largest absolute Gasteiger partial charge is 0.465 e. The minimum Gasteiger partial charge on any atom is -0.465 e. The lowest BCUT2D eigenvalue weighted by atomic mass is 10.0. The van der Waals surface area contributed by atoms with Gasteiger partial charge in [0.05, 0.1) is 34.3 Å². The Balaban J connectivity index is 2.19. The third-order valence-corrected chi connectivity index (χ3v) is 4.65. The van der Waals surface area contributed by atoms with Crippen LogP contribution in [0.1, 0.15) is 18.1 Å². The average molecular weight is 432 g/mol. The summed E-state index contributed by atoms with van der Waals surface area (Å²) in [7, 11) is 1.09. The lowest BCUT2D eigenvalue weighted by Crippen LogP contribution is -2.25. The number of para-hydroxylation sites is 1. The molecule has 2 aromatic rings. The normalized spacial score (nSPS) is 15.6. The van der Waals surface area contributed by atoms with Gasteiger partial charge in [-0.3, -0.25) is 19.8 Å². The minimum atomic E-state index is -4.63. The number of ether oxygens (including phenoxy) is 1. The van der Waals surface area contributed by atoms with Crippen LogP contribution in [-0.2, 0) is 20.5 Å². The monoisotopic (exact) mass is 432 g/mol. The molecule has 1 aliphatic heterocycles. The second kappa shape index (κ2) is 8.05. The highest BCUT2D eigenvalue weighted by molar-refractivity contribution is 6.24. The quantitative estimate of drug-likeness (QED) is 0.307. The number of hydrogen-bond donors (Lipinski definition) is 0. The molecule has 1 heterocycles. The van der Waals surface area contributed by atoms with Crippen molar-refractivity contribution in [1.82, 2.24) is 0 Å². The molecule has 2 aromatic carbocycles. The Morgan fingerprint density at radius 3 is 2.45 bits per heavy atom. The second-order valence-electron chi connectivity index (χ2n) is 6.51. The van der Waals surface area contributed by atoms with Crippen molar-refractivity contribution < 1.29 is 32.4 Å². The maximum absolute atomic E-state index is 13.2. The number of benzene rings is 2. The number of carbonyl (C=O) groups excluding carboxylic acids is 2. The van der Waals surface area contributed by atoms with Crippen LogP contribution in [0.5, 0.6) is 0 Å². The van der Waals surface area contributed by atoms with E-state index < -0.39 is 28.5 Å². The van der Waals surface area contributed by atoms with E-state index in [4.69, 9.17) is 4.74 Å². The predicted molar refractivity (Wildman–Crippen MR) is 105 cm³/mol. The molecule has 0 unspecified atom stereocenters. The van der Waals surface area contributed by atoms with E-state index in [0.29, 0.717) is 0 Å². The molecule has 0 bridgehead atoms. The van der Waals surface area contributed by atoms with Gasteiger partial charge in [-0.2, -0.15) is 13.2 Å². The fraction of sp³-hybridized carbons (Fsp3) is 0.143. The molecule has 0 atom stereocenters. The highest BCUT2D eigenvalue weighted by Crippen LogP contribution is 2.38. The number of methoxy groups -OCH3 is 1. The van der Waals surface area contributed by atoms with Gasteiger partial charge >= 0.3 is 12.1 Å². The second-order valence-corrected chi connectivity index (χ2v) is 6.51. The van der Waals surface area contributed by atoms with Crippen molar-refractivity contribution in [3.63, 3.8) is 0 Å². The van der Waals surface area contributed by atoms with Crippen molar-refractivity contribution in [1.29, 1.82) is 0 Å². The molecule has 3 rings (SSSR count). The molecule has 0 fully saturated rings. The fourth-order valence-corrected chi connectivity index (χ4v) is 3.24. The standard InChI is InChI=1S/C21H15F3N2O5/c1-12-18(20(28)31-2)16(10-13-6-3-4-9-17(13)26(29)30)19(27)25(12)15-8-5-7-14(11-15)21(22,23)24/h3-11H,1-2H3/b16-10-. The highest BCUT2D eigenvalue weighted by Gasteiger charge is 2.39. The zero-order chi connectivity index (χ0) is 22.9. The molecule has 0 aliphatic carbocycles. The molecule has 160 valence electrons. The predicted octanol–water partition coefficient (Wildman–Crippen LogP) is 4.49. The third kappa shape index (κ3) is 4.04. The van der Waals surface area contributed by atoms with Crippen LogP contribution in [0.4, 0.5) is 24.5 Å². The summed E-state index contributed by atoms with van der Waals surface area (Å²) >= 11 is 0. The van der Waals surface area contributed by atoms with E-state index in [1.54, 1.807) is 0 Å². The van der Waals surface area contributed by atoms with Gasteiger partial charge in [-0.05, 0) is 37.3 Å². The van der Waals surface area contributed by atoms with Crippen molar-refractivity contribution in [2.24, 2.45) is 0 Å². The SMILES string of the molecule is COC(=O)C1=C(C)N(c2cccc(C(F)(F)F)c2)C(=O)/C1=C\c1ccccc1[N+](=O)[O-]. The number of alkyl halides is 3. The van der Waals surface area contributed by atoms with E-state index in [1.807, 2.05) is 0 Å². The van der Waals surface area contributed by atoms with Gasteiger partial charge in [-0.25, -0.2) is 4.79 Å². The molecule has 31 heavy (non-hydrogen) atoms. The first kappa shape index (κ1) is 21.8. The Labute approximate surface area is 174 Å². The number of halogens is 3. The van der Waals surface area contributed by atoms with Crippen LogP contribution in [0.25, 0.3) is 6.08 Å². The van der Waals surface area contributed by atoms with Crippen molar-refractivity contribution >= 4 is 29.3 Å². The number of rotatable bonds is 4. The number of allylic oxidation sites excluding steroid dienone is 1. The summed E-state index contributed by atoms with van der Waals surface area (Å²) in [5.74, 6) is -1.71. The van der Waals surface area contributed by atoms with E-state index in [2.05, 4.69) is 0 Å². The van der Waals surface area contributed by atoms with Crippen LogP contribution in [0, 0.1) is 10.1 Å². The topological polar surface area (TPSA) is 89.8 Å². The Morgan fingerprint density at radius 1 is 1.16 bits per heavy atom. The van der Waals surface area contributed by atoms with Gasteiger partial charge in [0.25, 0.3) is 11.6 Å². The Hall–Kier alpha value is -3.95. The number of nitrogens with zero attached hydrogens (tertiary/aromatic N) is 2. The molecule has 1 aliphatic rings. The maximum Gasteiger partial charge on any atom is 0.416 e. The Morgan fingerprint density at radius 2 is 1.84 bits per heavy atom. The Kier molecular flexibility index (Phi) is 5.65. The summed E-state index contributed by atoms with van der Waals surface area (Å²) in [5, 5.41) is 11.3. The first-order valence-corrected chi connectivity index (χ1v) is 8.82. The lowest BCUT2D eigenvalue weighted by molar-refractivity contribution is -0.385. The zero-order valence-electron chi connectivity index (χ0n) is 16.3. The highest BCUT2D eigenvalue weighted by atomic mass is 19.4. The summed E-state index contributed by atoms with van der Waals surface area (Å²) in [6, 6.07) is 9.63. The molecular weight excluding hydrogens is 417 g/mol. The van der Waals surface area contributed by atoms with Crippen LogP contribution in [0.2, 0.25) is 0 Å². The van der Waals surface area contributed by atoms with Gasteiger partial charge in [0, 0.05) is 17.5 Å². The fourth-order valence-electron chi connectivity index (χ4n) is 3.24. The Bertz CT molecular complexity index is 1150. The summed E-state index contributed by atoms with van der Waals surface area (Å²) in [6.45, 7) is 1.38. The van der Waals surface area contributed by atoms with E-state index in [0.717, 1.165) is 36.3 Å². The van der Waals surface area contributed by atoms with Crippen LogP contribution in [-0.4, -0.2) is 23.9 Å². The minimum absolute atomic E-state index is 0.0426. The van der Waals surface area contributed by atoms with Crippen LogP contribution >= 0.6 is 0 Å². The van der Waals surface area contributed by atoms with Gasteiger partial charge < -0.3 is 4.74 Å². The number of hydrogen-bond acceptors (Lipinski definition) is 5. The first-order valence-electron chi connectivity index (χ1n) is 8.82. The lowest BCUT2D eigenvalue weighted by Gasteiger charge is -2.19. The number of esters is 1. The average Bonchev–Trinajstić information content (AvgIpc) is 2.96. The molecular formula is C21H15F3N2O5. The smallest absolute Gasteiger partial charge is 0.416 e. The number of anilines is 1. The maximum atomic E-state index is 13.2. The molecule has 0 N–H and O–H groups in total. The molecule has 10 heteroatoms. The number of amides is 1. The van der Waals surface area contributed by atoms with E-state index in [-0.39, 0.29) is 33.8 Å². The van der Waals surface area contributed by atoms with E-state index in [1.165, 1.54) is 37.3 Å². The van der Waals surface area contributed by atoms with Gasteiger partial charge in [-0.1, -0.05) is 18.2 Å². The molecule has 0 aromatic heterocycles. The molecule has 0 saturated carbocycles. The number of nitro benzene ring substituents is 1. The van der Waals surface area contributed by atoms with Gasteiger partial charge in [0.1, 0.15) is 0 Å². The summed E-state index contributed by atoms with van der Waals surface area (Å²) in [4.78, 5) is 37.1. The summed E-state index contributed by atoms with van der Waals surface area (Å²) in [6.07, 6.45) is -3.48. The molecule has 0 radical (unpaired) electrons. The van der Waals surface area contributed by atoms with Gasteiger partial charge in [0.15, 0.2) is 0 Å². The van der Waals surface area contributed by atoms with Crippen LogP contribution in [0.15, 0.2) is 65.4 Å². The third-order valence-electron chi connectivity index (χ3n) is 4.65. The van der Waals surface area contributed by atoms with E-state index >= 15 is 0 Å². The van der Waals surface area contributed by atoms with Gasteiger partial charge in [-0.15, -0.1) is 0 Å². The van der Waals surface area contributed by atoms with Crippen molar-refractivity contribution in [3.05, 3.63) is 86.6 Å². The molecule has 1 amide bonds. The first-order chi connectivity index (χ1) is 14.6. The molecule has 0 spiro atoms.